The first kappa shape index (κ1) is 10.8. The van der Waals surface area contributed by atoms with Crippen LogP contribution in [0, 0.1) is 6.92 Å². The molecule has 0 aliphatic carbocycles. The maximum Gasteiger partial charge on any atom is 0.365 e. The molecule has 0 aliphatic rings. The quantitative estimate of drug-likeness (QED) is 0.805. The Labute approximate surface area is 93.3 Å². The molecule has 0 atom stereocenters. The van der Waals surface area contributed by atoms with Crippen molar-refractivity contribution in [2.24, 2.45) is 0 Å². The molecule has 5 nitrogen and oxygen atoms in total. The molecule has 2 aromatic rings. The molecule has 0 saturated carbocycles. The Bertz CT molecular complexity index is 599. The summed E-state index contributed by atoms with van der Waals surface area (Å²) in [5, 5.41) is 0. The summed E-state index contributed by atoms with van der Waals surface area (Å²) in [6, 6.07) is 7.19. The largest absolute Gasteiger partial charge is 0.365 e. The van der Waals surface area contributed by atoms with Crippen molar-refractivity contribution >= 4 is 10.3 Å². The molecule has 2 rings (SSSR count). The van der Waals surface area contributed by atoms with Gasteiger partial charge in [0, 0.05) is 18.0 Å². The SMILES string of the molecule is Cc1ccc(-c2nccn2S(=O)(=O)O)cc1. The van der Waals surface area contributed by atoms with Crippen molar-refractivity contribution < 1.29 is 13.0 Å². The first-order valence-electron chi connectivity index (χ1n) is 4.57. The van der Waals surface area contributed by atoms with E-state index in [1.165, 1.54) is 12.4 Å². The zero-order valence-corrected chi connectivity index (χ0v) is 9.35. The lowest BCUT2D eigenvalue weighted by molar-refractivity contribution is 0.473. The van der Waals surface area contributed by atoms with Crippen LogP contribution in [0.2, 0.25) is 0 Å². The van der Waals surface area contributed by atoms with Crippen molar-refractivity contribution in [1.82, 2.24) is 8.96 Å². The summed E-state index contributed by atoms with van der Waals surface area (Å²) in [4.78, 5) is 3.91. The summed E-state index contributed by atoms with van der Waals surface area (Å²) >= 11 is 0. The Hall–Kier alpha value is -1.66. The van der Waals surface area contributed by atoms with Gasteiger partial charge < -0.3 is 0 Å². The molecule has 84 valence electrons. The van der Waals surface area contributed by atoms with Gasteiger partial charge >= 0.3 is 10.3 Å². The maximum atomic E-state index is 11.0. The van der Waals surface area contributed by atoms with Gasteiger partial charge in [0.2, 0.25) is 0 Å². The van der Waals surface area contributed by atoms with E-state index in [1.54, 1.807) is 12.1 Å². The van der Waals surface area contributed by atoms with E-state index in [-0.39, 0.29) is 5.82 Å². The molecule has 1 heterocycles. The summed E-state index contributed by atoms with van der Waals surface area (Å²) in [5.41, 5.74) is 1.70. The number of hydrogen-bond donors (Lipinski definition) is 1. The van der Waals surface area contributed by atoms with E-state index in [2.05, 4.69) is 4.98 Å². The summed E-state index contributed by atoms with van der Waals surface area (Å²) in [6.45, 7) is 1.93. The van der Waals surface area contributed by atoms with Crippen LogP contribution >= 0.6 is 0 Å². The fourth-order valence-electron chi connectivity index (χ4n) is 1.38. The molecule has 0 unspecified atom stereocenters. The minimum absolute atomic E-state index is 0.197. The van der Waals surface area contributed by atoms with E-state index in [0.717, 1.165) is 9.54 Å². The molecule has 1 aromatic heterocycles. The monoisotopic (exact) mass is 238 g/mol. The second-order valence-electron chi connectivity index (χ2n) is 3.39. The zero-order valence-electron chi connectivity index (χ0n) is 8.53. The van der Waals surface area contributed by atoms with Crippen LogP contribution in [-0.4, -0.2) is 21.9 Å². The number of aryl methyl sites for hydroxylation is 1. The Morgan fingerprint density at radius 2 is 1.88 bits per heavy atom. The molecule has 16 heavy (non-hydrogen) atoms. The summed E-state index contributed by atoms with van der Waals surface area (Å²) in [6.07, 6.45) is 2.52. The van der Waals surface area contributed by atoms with Crippen LogP contribution in [0.25, 0.3) is 11.4 Å². The molecular weight excluding hydrogens is 228 g/mol. The highest BCUT2D eigenvalue weighted by molar-refractivity contribution is 7.84. The Morgan fingerprint density at radius 3 is 2.44 bits per heavy atom. The number of rotatable bonds is 2. The second-order valence-corrected chi connectivity index (χ2v) is 4.68. The van der Waals surface area contributed by atoms with Gasteiger partial charge in [0.15, 0.2) is 5.82 Å². The number of hydrogen-bond acceptors (Lipinski definition) is 3. The van der Waals surface area contributed by atoms with Gasteiger partial charge in [-0.2, -0.15) is 8.42 Å². The van der Waals surface area contributed by atoms with Crippen LogP contribution in [0.4, 0.5) is 0 Å². The van der Waals surface area contributed by atoms with Gasteiger partial charge in [-0.15, -0.1) is 0 Å². The number of nitrogens with zero attached hydrogens (tertiary/aromatic N) is 2. The molecule has 1 aromatic carbocycles. The highest BCUT2D eigenvalue weighted by Gasteiger charge is 2.14. The van der Waals surface area contributed by atoms with Crippen molar-refractivity contribution in [3.05, 3.63) is 42.2 Å². The van der Waals surface area contributed by atoms with Gasteiger partial charge in [0.05, 0.1) is 0 Å². The smallest absolute Gasteiger partial charge is 0.269 e. The fourth-order valence-corrected chi connectivity index (χ4v) is 1.96. The van der Waals surface area contributed by atoms with E-state index >= 15 is 0 Å². The minimum Gasteiger partial charge on any atom is -0.269 e. The van der Waals surface area contributed by atoms with E-state index < -0.39 is 10.3 Å². The average Bonchev–Trinajstić information content (AvgIpc) is 2.66. The molecule has 0 saturated heterocycles. The molecule has 0 bridgehead atoms. The highest BCUT2D eigenvalue weighted by Crippen LogP contribution is 2.18. The van der Waals surface area contributed by atoms with Gasteiger partial charge in [-0.3, -0.25) is 4.55 Å². The highest BCUT2D eigenvalue weighted by atomic mass is 32.2. The van der Waals surface area contributed by atoms with Crippen molar-refractivity contribution in [3.63, 3.8) is 0 Å². The van der Waals surface area contributed by atoms with E-state index in [1.807, 2.05) is 19.1 Å². The van der Waals surface area contributed by atoms with E-state index in [0.29, 0.717) is 5.56 Å². The van der Waals surface area contributed by atoms with Crippen LogP contribution in [0.5, 0.6) is 0 Å². The average molecular weight is 238 g/mol. The van der Waals surface area contributed by atoms with Gasteiger partial charge in [-0.05, 0) is 6.92 Å². The molecular formula is C10H10N2O3S. The molecule has 0 spiro atoms. The fraction of sp³-hybridized carbons (Fsp3) is 0.100. The predicted molar refractivity (Wildman–Crippen MR) is 59.3 cm³/mol. The van der Waals surface area contributed by atoms with Gasteiger partial charge in [0.1, 0.15) is 0 Å². The number of benzene rings is 1. The zero-order chi connectivity index (χ0) is 11.8. The third-order valence-corrected chi connectivity index (χ3v) is 2.96. The first-order valence-corrected chi connectivity index (χ1v) is 5.96. The molecule has 1 N–H and O–H groups in total. The summed E-state index contributed by atoms with van der Waals surface area (Å²) in [5.74, 6) is 0.197. The Balaban J connectivity index is 2.58. The lowest BCUT2D eigenvalue weighted by Gasteiger charge is -2.04. The van der Waals surface area contributed by atoms with Crippen LogP contribution in [0.3, 0.4) is 0 Å². The van der Waals surface area contributed by atoms with Gasteiger partial charge in [0.25, 0.3) is 0 Å². The minimum atomic E-state index is -4.29. The van der Waals surface area contributed by atoms with Crippen molar-refractivity contribution in [2.75, 3.05) is 0 Å². The van der Waals surface area contributed by atoms with Crippen molar-refractivity contribution in [1.29, 1.82) is 0 Å². The number of aromatic nitrogens is 2. The van der Waals surface area contributed by atoms with Crippen LogP contribution in [0.15, 0.2) is 36.7 Å². The van der Waals surface area contributed by atoms with Crippen molar-refractivity contribution in [3.8, 4) is 11.4 Å². The van der Waals surface area contributed by atoms with Crippen LogP contribution in [0.1, 0.15) is 5.56 Å². The summed E-state index contributed by atoms with van der Waals surface area (Å²) in [7, 11) is -4.29. The normalized spacial score (nSPS) is 11.6. The van der Waals surface area contributed by atoms with E-state index in [4.69, 9.17) is 4.55 Å². The van der Waals surface area contributed by atoms with E-state index in [9.17, 15) is 8.42 Å². The lowest BCUT2D eigenvalue weighted by Crippen LogP contribution is -2.11. The molecule has 6 heteroatoms. The third-order valence-electron chi connectivity index (χ3n) is 2.17. The van der Waals surface area contributed by atoms with Crippen LogP contribution in [-0.2, 0) is 10.3 Å². The number of imidazole rings is 1. The standard InChI is InChI=1S/C10H10N2O3S/c1-8-2-4-9(5-3-8)10-11-6-7-12(10)16(13,14)15/h2-7H,1H3,(H,13,14,15). The van der Waals surface area contributed by atoms with Crippen LogP contribution < -0.4 is 0 Å². The van der Waals surface area contributed by atoms with Crippen molar-refractivity contribution in [2.45, 2.75) is 6.92 Å². The Kier molecular flexibility index (Phi) is 2.53. The van der Waals surface area contributed by atoms with Gasteiger partial charge in [-0.1, -0.05) is 29.8 Å². The van der Waals surface area contributed by atoms with Gasteiger partial charge in [-0.25, -0.2) is 8.96 Å². The Morgan fingerprint density at radius 1 is 1.25 bits per heavy atom. The summed E-state index contributed by atoms with van der Waals surface area (Å²) < 4.78 is 31.8. The molecule has 0 aliphatic heterocycles. The molecule has 0 amide bonds. The predicted octanol–water partition coefficient (Wildman–Crippen LogP) is 1.51. The molecule has 0 radical (unpaired) electrons. The second kappa shape index (κ2) is 3.73. The topological polar surface area (TPSA) is 72.2 Å². The lowest BCUT2D eigenvalue weighted by atomic mass is 10.1. The maximum absolute atomic E-state index is 11.0. The first-order chi connectivity index (χ1) is 7.48. The molecule has 0 fully saturated rings. The third kappa shape index (κ3) is 1.98.